The van der Waals surface area contributed by atoms with E-state index in [-0.39, 0.29) is 0 Å². The second kappa shape index (κ2) is 7.05. The van der Waals surface area contributed by atoms with E-state index in [0.29, 0.717) is 6.10 Å². The van der Waals surface area contributed by atoms with E-state index in [1.807, 2.05) is 0 Å². The Labute approximate surface area is 122 Å². The van der Waals surface area contributed by atoms with Gasteiger partial charge in [-0.2, -0.15) is 0 Å². The number of ether oxygens (including phenoxy) is 1. The molecule has 2 heterocycles. The molecule has 2 aliphatic rings. The summed E-state index contributed by atoms with van der Waals surface area (Å²) in [6.07, 6.45) is 9.22. The van der Waals surface area contributed by atoms with Gasteiger partial charge in [-0.25, -0.2) is 0 Å². The largest absolute Gasteiger partial charge is 0.378 e. The molecule has 1 aromatic rings. The second-order valence-electron chi connectivity index (χ2n) is 6.01. The van der Waals surface area contributed by atoms with Crippen molar-refractivity contribution in [1.29, 1.82) is 0 Å². The van der Waals surface area contributed by atoms with Crippen molar-refractivity contribution in [3.05, 3.63) is 47.5 Å². The zero-order chi connectivity index (χ0) is 13.6. The van der Waals surface area contributed by atoms with Crippen molar-refractivity contribution in [2.45, 2.75) is 44.8 Å². The Kier molecular flexibility index (Phi) is 4.88. The third kappa shape index (κ3) is 3.94. The molecule has 0 N–H and O–H groups in total. The minimum Gasteiger partial charge on any atom is -0.378 e. The first-order valence-electron chi connectivity index (χ1n) is 7.96. The van der Waals surface area contributed by atoms with Gasteiger partial charge in [0.1, 0.15) is 0 Å². The Hall–Kier alpha value is -1.12. The van der Waals surface area contributed by atoms with E-state index in [2.05, 4.69) is 41.3 Å². The maximum atomic E-state index is 5.71. The molecule has 1 fully saturated rings. The second-order valence-corrected chi connectivity index (χ2v) is 6.01. The van der Waals surface area contributed by atoms with E-state index in [9.17, 15) is 0 Å². The summed E-state index contributed by atoms with van der Waals surface area (Å²) in [5.74, 6) is 0. The molecule has 3 rings (SSSR count). The highest BCUT2D eigenvalue weighted by Crippen LogP contribution is 2.23. The third-order valence-corrected chi connectivity index (χ3v) is 4.45. The first-order chi connectivity index (χ1) is 9.90. The van der Waals surface area contributed by atoms with Crippen LogP contribution in [0.15, 0.2) is 42.0 Å². The Bertz CT molecular complexity index is 434. The van der Waals surface area contributed by atoms with Gasteiger partial charge >= 0.3 is 0 Å². The standard InChI is InChI=1S/C18H25NO/c1-2-5-17(6-3-1)15-19-12-10-16(11-13-19)8-9-18-7-4-14-20-18/h1-3,5-6,10,18H,4,7-9,11-15H2. The smallest absolute Gasteiger partial charge is 0.0579 e. The van der Waals surface area contributed by atoms with Gasteiger partial charge in [-0.15, -0.1) is 0 Å². The van der Waals surface area contributed by atoms with Crippen LogP contribution in [0.3, 0.4) is 0 Å². The van der Waals surface area contributed by atoms with E-state index >= 15 is 0 Å². The summed E-state index contributed by atoms with van der Waals surface area (Å²) in [5, 5.41) is 0. The predicted molar refractivity (Wildman–Crippen MR) is 82.6 cm³/mol. The maximum absolute atomic E-state index is 5.71. The Morgan fingerprint density at radius 3 is 2.80 bits per heavy atom. The molecule has 1 atom stereocenters. The summed E-state index contributed by atoms with van der Waals surface area (Å²) in [7, 11) is 0. The first-order valence-corrected chi connectivity index (χ1v) is 7.96. The summed E-state index contributed by atoms with van der Waals surface area (Å²) < 4.78 is 5.71. The van der Waals surface area contributed by atoms with E-state index in [4.69, 9.17) is 4.74 Å². The van der Waals surface area contributed by atoms with E-state index < -0.39 is 0 Å². The van der Waals surface area contributed by atoms with Gasteiger partial charge in [-0.05, 0) is 37.7 Å². The van der Waals surface area contributed by atoms with Crippen LogP contribution in [-0.4, -0.2) is 30.7 Å². The molecule has 0 amide bonds. The van der Waals surface area contributed by atoms with Crippen molar-refractivity contribution in [3.8, 4) is 0 Å². The van der Waals surface area contributed by atoms with Crippen molar-refractivity contribution < 1.29 is 4.74 Å². The molecule has 0 radical (unpaired) electrons. The molecule has 1 unspecified atom stereocenters. The van der Waals surface area contributed by atoms with E-state index in [1.165, 1.54) is 44.2 Å². The van der Waals surface area contributed by atoms with Gasteiger partial charge in [0.05, 0.1) is 6.10 Å². The van der Waals surface area contributed by atoms with Crippen LogP contribution in [0.5, 0.6) is 0 Å². The Morgan fingerprint density at radius 1 is 1.20 bits per heavy atom. The van der Waals surface area contributed by atoms with Crippen molar-refractivity contribution in [3.63, 3.8) is 0 Å². The van der Waals surface area contributed by atoms with Crippen LogP contribution in [0.1, 0.15) is 37.7 Å². The van der Waals surface area contributed by atoms with Crippen molar-refractivity contribution in [1.82, 2.24) is 4.90 Å². The molecular formula is C18H25NO. The molecule has 20 heavy (non-hydrogen) atoms. The summed E-state index contributed by atoms with van der Waals surface area (Å²) >= 11 is 0. The lowest BCUT2D eigenvalue weighted by Gasteiger charge is -2.26. The van der Waals surface area contributed by atoms with Gasteiger partial charge in [0.15, 0.2) is 0 Å². The van der Waals surface area contributed by atoms with Crippen molar-refractivity contribution >= 4 is 0 Å². The van der Waals surface area contributed by atoms with E-state index in [1.54, 1.807) is 5.57 Å². The van der Waals surface area contributed by atoms with Gasteiger partial charge in [-0.1, -0.05) is 42.0 Å². The van der Waals surface area contributed by atoms with Crippen LogP contribution in [0.25, 0.3) is 0 Å². The Morgan fingerprint density at radius 2 is 2.10 bits per heavy atom. The summed E-state index contributed by atoms with van der Waals surface area (Å²) in [5.41, 5.74) is 3.06. The Balaban J connectivity index is 1.43. The van der Waals surface area contributed by atoms with Crippen molar-refractivity contribution in [2.75, 3.05) is 19.7 Å². The minimum atomic E-state index is 0.540. The summed E-state index contributed by atoms with van der Waals surface area (Å²) in [6, 6.07) is 10.8. The normalized spacial score (nSPS) is 23.8. The molecule has 108 valence electrons. The van der Waals surface area contributed by atoms with Gasteiger partial charge in [0.25, 0.3) is 0 Å². The fraction of sp³-hybridized carbons (Fsp3) is 0.556. The molecule has 1 aromatic carbocycles. The van der Waals surface area contributed by atoms with Crippen LogP contribution < -0.4 is 0 Å². The molecular weight excluding hydrogens is 246 g/mol. The van der Waals surface area contributed by atoms with E-state index in [0.717, 1.165) is 19.7 Å². The molecule has 0 aliphatic carbocycles. The van der Waals surface area contributed by atoms with Crippen LogP contribution in [0.4, 0.5) is 0 Å². The lowest BCUT2D eigenvalue weighted by atomic mass is 9.99. The molecule has 0 bridgehead atoms. The van der Waals surface area contributed by atoms with Gasteiger partial charge in [-0.3, -0.25) is 4.90 Å². The first kappa shape index (κ1) is 13.8. The average molecular weight is 271 g/mol. The van der Waals surface area contributed by atoms with Crippen LogP contribution in [0, 0.1) is 0 Å². The zero-order valence-electron chi connectivity index (χ0n) is 12.3. The summed E-state index contributed by atoms with van der Waals surface area (Å²) in [4.78, 5) is 2.53. The number of hydrogen-bond acceptors (Lipinski definition) is 2. The average Bonchev–Trinajstić information content (AvgIpc) is 3.01. The van der Waals surface area contributed by atoms with Crippen LogP contribution >= 0.6 is 0 Å². The minimum absolute atomic E-state index is 0.540. The quantitative estimate of drug-likeness (QED) is 0.756. The molecule has 0 spiro atoms. The number of rotatable bonds is 5. The number of hydrogen-bond donors (Lipinski definition) is 0. The fourth-order valence-corrected chi connectivity index (χ4v) is 3.18. The van der Waals surface area contributed by atoms with Crippen molar-refractivity contribution in [2.24, 2.45) is 0 Å². The topological polar surface area (TPSA) is 12.5 Å². The van der Waals surface area contributed by atoms with Crippen LogP contribution in [-0.2, 0) is 11.3 Å². The molecule has 0 aromatic heterocycles. The molecule has 2 nitrogen and oxygen atoms in total. The van der Waals surface area contributed by atoms with Gasteiger partial charge in [0, 0.05) is 26.2 Å². The molecule has 1 saturated heterocycles. The molecule has 0 saturated carbocycles. The highest BCUT2D eigenvalue weighted by molar-refractivity contribution is 5.15. The monoisotopic (exact) mass is 271 g/mol. The third-order valence-electron chi connectivity index (χ3n) is 4.45. The fourth-order valence-electron chi connectivity index (χ4n) is 3.18. The number of benzene rings is 1. The predicted octanol–water partition coefficient (Wildman–Crippen LogP) is 3.78. The van der Waals surface area contributed by atoms with Gasteiger partial charge < -0.3 is 4.74 Å². The van der Waals surface area contributed by atoms with Gasteiger partial charge in [0.2, 0.25) is 0 Å². The SMILES string of the molecule is C1=C(CCC2CCCO2)CCN(Cc2ccccc2)C1. The number of nitrogens with zero attached hydrogens (tertiary/aromatic N) is 1. The highest BCUT2D eigenvalue weighted by Gasteiger charge is 2.17. The zero-order valence-corrected chi connectivity index (χ0v) is 12.3. The maximum Gasteiger partial charge on any atom is 0.0579 e. The summed E-state index contributed by atoms with van der Waals surface area (Å²) in [6.45, 7) is 4.37. The van der Waals surface area contributed by atoms with Crippen LogP contribution in [0.2, 0.25) is 0 Å². The molecule has 2 aliphatic heterocycles. The molecule has 2 heteroatoms. The lowest BCUT2D eigenvalue weighted by Crippen LogP contribution is -2.28. The highest BCUT2D eigenvalue weighted by atomic mass is 16.5. The lowest BCUT2D eigenvalue weighted by molar-refractivity contribution is 0.104.